The standard InChI is InChI=1S/C20H20N2O2S/c1-21(12-16-8-4-2-5-9-16)19(23)13-22-18(14-25-15-20(22)24)17-10-6-3-7-11-17/h2-11,14H,12-13,15H2,1H3. The lowest BCUT2D eigenvalue weighted by Crippen LogP contribution is -2.42. The normalized spacial score (nSPS) is 14.2. The molecule has 0 unspecified atom stereocenters. The maximum Gasteiger partial charge on any atom is 0.242 e. The monoisotopic (exact) mass is 352 g/mol. The van der Waals surface area contributed by atoms with Gasteiger partial charge in [-0.3, -0.25) is 9.59 Å². The van der Waals surface area contributed by atoms with Gasteiger partial charge in [-0.15, -0.1) is 11.8 Å². The van der Waals surface area contributed by atoms with Gasteiger partial charge in [-0.05, 0) is 16.5 Å². The van der Waals surface area contributed by atoms with Gasteiger partial charge in [0.2, 0.25) is 11.8 Å². The zero-order valence-electron chi connectivity index (χ0n) is 14.1. The summed E-state index contributed by atoms with van der Waals surface area (Å²) >= 11 is 1.47. The fraction of sp³-hybridized carbons (Fsp3) is 0.200. The van der Waals surface area contributed by atoms with Crippen LogP contribution in [0.1, 0.15) is 11.1 Å². The molecule has 0 atom stereocenters. The Morgan fingerprint density at radius 3 is 2.40 bits per heavy atom. The Labute approximate surface area is 152 Å². The summed E-state index contributed by atoms with van der Waals surface area (Å²) in [6.45, 7) is 0.588. The predicted octanol–water partition coefficient (Wildman–Crippen LogP) is 3.22. The molecule has 0 aromatic heterocycles. The molecule has 5 heteroatoms. The maximum atomic E-state index is 12.6. The molecule has 1 heterocycles. The lowest BCUT2D eigenvalue weighted by Gasteiger charge is -2.30. The van der Waals surface area contributed by atoms with E-state index in [0.29, 0.717) is 12.3 Å². The Hall–Kier alpha value is -2.53. The highest BCUT2D eigenvalue weighted by molar-refractivity contribution is 8.03. The average Bonchev–Trinajstić information content (AvgIpc) is 2.65. The largest absolute Gasteiger partial charge is 0.340 e. The lowest BCUT2D eigenvalue weighted by molar-refractivity contribution is -0.136. The summed E-state index contributed by atoms with van der Waals surface area (Å²) in [5, 5.41) is 1.96. The number of thioether (sulfide) groups is 1. The van der Waals surface area contributed by atoms with E-state index in [1.54, 1.807) is 16.8 Å². The van der Waals surface area contributed by atoms with Gasteiger partial charge in [0.25, 0.3) is 0 Å². The zero-order valence-corrected chi connectivity index (χ0v) is 14.9. The van der Waals surface area contributed by atoms with Crippen LogP contribution in [-0.2, 0) is 16.1 Å². The van der Waals surface area contributed by atoms with E-state index < -0.39 is 0 Å². The number of hydrogen-bond donors (Lipinski definition) is 0. The van der Waals surface area contributed by atoms with Crippen molar-refractivity contribution in [2.75, 3.05) is 19.3 Å². The molecule has 0 N–H and O–H groups in total. The molecule has 0 spiro atoms. The highest BCUT2D eigenvalue weighted by Crippen LogP contribution is 2.28. The highest BCUT2D eigenvalue weighted by Gasteiger charge is 2.26. The molecule has 25 heavy (non-hydrogen) atoms. The van der Waals surface area contributed by atoms with E-state index in [0.717, 1.165) is 16.8 Å². The minimum atomic E-state index is -0.0778. The Morgan fingerprint density at radius 2 is 1.72 bits per heavy atom. The van der Waals surface area contributed by atoms with Gasteiger partial charge in [0, 0.05) is 13.6 Å². The van der Waals surface area contributed by atoms with Crippen molar-refractivity contribution in [2.24, 2.45) is 0 Å². The van der Waals surface area contributed by atoms with Crippen LogP contribution >= 0.6 is 11.8 Å². The van der Waals surface area contributed by atoms with Crippen LogP contribution in [0.3, 0.4) is 0 Å². The molecule has 2 amide bonds. The quantitative estimate of drug-likeness (QED) is 0.830. The van der Waals surface area contributed by atoms with Crippen molar-refractivity contribution in [1.29, 1.82) is 0 Å². The van der Waals surface area contributed by atoms with Gasteiger partial charge in [-0.25, -0.2) is 0 Å². The van der Waals surface area contributed by atoms with Crippen molar-refractivity contribution >= 4 is 29.3 Å². The summed E-state index contributed by atoms with van der Waals surface area (Å²) in [5.41, 5.74) is 2.81. The van der Waals surface area contributed by atoms with Crippen molar-refractivity contribution in [3.63, 3.8) is 0 Å². The molecule has 0 fully saturated rings. The van der Waals surface area contributed by atoms with E-state index in [1.165, 1.54) is 11.8 Å². The van der Waals surface area contributed by atoms with Gasteiger partial charge in [0.05, 0.1) is 11.4 Å². The van der Waals surface area contributed by atoms with Crippen molar-refractivity contribution < 1.29 is 9.59 Å². The van der Waals surface area contributed by atoms with E-state index in [1.807, 2.05) is 66.1 Å². The van der Waals surface area contributed by atoms with Crippen LogP contribution in [0.4, 0.5) is 0 Å². The molecule has 0 saturated carbocycles. The summed E-state index contributed by atoms with van der Waals surface area (Å²) in [4.78, 5) is 28.3. The number of nitrogens with zero attached hydrogens (tertiary/aromatic N) is 2. The van der Waals surface area contributed by atoms with Crippen molar-refractivity contribution in [1.82, 2.24) is 9.80 Å². The minimum absolute atomic E-state index is 0.0344. The smallest absolute Gasteiger partial charge is 0.242 e. The second kappa shape index (κ2) is 8.03. The molecule has 0 bridgehead atoms. The molecular formula is C20H20N2O2S. The van der Waals surface area contributed by atoms with Crippen LogP contribution < -0.4 is 0 Å². The summed E-state index contributed by atoms with van der Waals surface area (Å²) < 4.78 is 0. The van der Waals surface area contributed by atoms with Gasteiger partial charge >= 0.3 is 0 Å². The zero-order chi connectivity index (χ0) is 17.6. The van der Waals surface area contributed by atoms with Crippen LogP contribution in [0.15, 0.2) is 66.1 Å². The Bertz CT molecular complexity index is 775. The molecule has 4 nitrogen and oxygen atoms in total. The van der Waals surface area contributed by atoms with Gasteiger partial charge in [0.1, 0.15) is 6.54 Å². The molecule has 2 aromatic carbocycles. The molecule has 128 valence electrons. The van der Waals surface area contributed by atoms with Crippen molar-refractivity contribution in [3.8, 4) is 0 Å². The van der Waals surface area contributed by atoms with Crippen LogP contribution in [-0.4, -0.2) is 41.0 Å². The van der Waals surface area contributed by atoms with Gasteiger partial charge < -0.3 is 9.80 Å². The third-order valence-electron chi connectivity index (χ3n) is 4.04. The van der Waals surface area contributed by atoms with E-state index >= 15 is 0 Å². The summed E-state index contributed by atoms with van der Waals surface area (Å²) in [6, 6.07) is 19.5. The first kappa shape index (κ1) is 17.3. The first-order valence-corrected chi connectivity index (χ1v) is 9.15. The Kier molecular flexibility index (Phi) is 5.56. The molecule has 1 aliphatic rings. The first-order valence-electron chi connectivity index (χ1n) is 8.10. The van der Waals surface area contributed by atoms with Crippen molar-refractivity contribution in [2.45, 2.75) is 6.54 Å². The average molecular weight is 352 g/mol. The molecule has 2 aromatic rings. The maximum absolute atomic E-state index is 12.6. The molecule has 0 aliphatic carbocycles. The second-order valence-corrected chi connectivity index (χ2v) is 6.75. The van der Waals surface area contributed by atoms with E-state index in [2.05, 4.69) is 0 Å². The molecule has 3 rings (SSSR count). The fourth-order valence-corrected chi connectivity index (χ4v) is 3.48. The van der Waals surface area contributed by atoms with Crippen molar-refractivity contribution in [3.05, 3.63) is 77.2 Å². The molecular weight excluding hydrogens is 332 g/mol. The Morgan fingerprint density at radius 1 is 1.08 bits per heavy atom. The molecule has 0 saturated heterocycles. The van der Waals surface area contributed by atoms with E-state index in [9.17, 15) is 9.59 Å². The number of carbonyl (C=O) groups is 2. The third kappa shape index (κ3) is 4.31. The topological polar surface area (TPSA) is 40.6 Å². The predicted molar refractivity (Wildman–Crippen MR) is 102 cm³/mol. The fourth-order valence-electron chi connectivity index (χ4n) is 2.68. The number of amides is 2. The summed E-state index contributed by atoms with van der Waals surface area (Å²) in [7, 11) is 1.77. The SMILES string of the molecule is CN(Cc1ccccc1)C(=O)CN1C(=O)CSC=C1c1ccccc1. The van der Waals surface area contributed by atoms with Crippen LogP contribution in [0.2, 0.25) is 0 Å². The Balaban J connectivity index is 1.72. The number of carbonyl (C=O) groups excluding carboxylic acids is 2. The highest BCUT2D eigenvalue weighted by atomic mass is 32.2. The molecule has 1 aliphatic heterocycles. The lowest BCUT2D eigenvalue weighted by atomic mass is 10.1. The summed E-state index contributed by atoms with van der Waals surface area (Å²) in [5.74, 6) is 0.255. The summed E-state index contributed by atoms with van der Waals surface area (Å²) in [6.07, 6.45) is 0. The van der Waals surface area contributed by atoms with Gasteiger partial charge in [0.15, 0.2) is 0 Å². The van der Waals surface area contributed by atoms with E-state index in [4.69, 9.17) is 0 Å². The second-order valence-electron chi connectivity index (χ2n) is 5.90. The first-order chi connectivity index (χ1) is 12.1. The number of likely N-dealkylation sites (N-methyl/N-ethyl adjacent to an activating group) is 1. The van der Waals surface area contributed by atoms with Crippen LogP contribution in [0.5, 0.6) is 0 Å². The minimum Gasteiger partial charge on any atom is -0.340 e. The van der Waals surface area contributed by atoms with Gasteiger partial charge in [-0.1, -0.05) is 60.7 Å². The van der Waals surface area contributed by atoms with Crippen LogP contribution in [0, 0.1) is 0 Å². The number of rotatable bonds is 5. The third-order valence-corrected chi connectivity index (χ3v) is 4.85. The number of benzene rings is 2. The van der Waals surface area contributed by atoms with Crippen LogP contribution in [0.25, 0.3) is 5.70 Å². The number of hydrogen-bond acceptors (Lipinski definition) is 3. The van der Waals surface area contributed by atoms with E-state index in [-0.39, 0.29) is 18.4 Å². The van der Waals surface area contributed by atoms with Gasteiger partial charge in [-0.2, -0.15) is 0 Å². The molecule has 0 radical (unpaired) electrons.